The van der Waals surface area contributed by atoms with Crippen LogP contribution in [0.1, 0.15) is 0 Å². The number of thiazole rings is 1. The number of nitrogens with zero attached hydrogens (tertiary/aromatic N) is 23. The molecule has 0 saturated heterocycles. The summed E-state index contributed by atoms with van der Waals surface area (Å²) in [6.45, 7) is 0. The van der Waals surface area contributed by atoms with Crippen molar-refractivity contribution in [3.8, 4) is 0 Å². The highest BCUT2D eigenvalue weighted by molar-refractivity contribution is 7.25. The van der Waals surface area contributed by atoms with Crippen LogP contribution in [0.4, 0.5) is 0 Å². The van der Waals surface area contributed by atoms with Gasteiger partial charge in [-0.3, -0.25) is 35.0 Å². The Morgan fingerprint density at radius 3 is 1.15 bits per heavy atom. The quantitative estimate of drug-likeness (QED) is 0.0821. The lowest BCUT2D eigenvalue weighted by Crippen LogP contribution is -1.78. The normalized spacial score (nSPS) is 8.76. The summed E-state index contributed by atoms with van der Waals surface area (Å²) in [5.74, 6) is 0. The van der Waals surface area contributed by atoms with E-state index in [0.29, 0.717) is 0 Å². The van der Waals surface area contributed by atoms with E-state index in [0.717, 1.165) is 11.0 Å². The van der Waals surface area contributed by atoms with Crippen LogP contribution in [0.5, 0.6) is 0 Å². The minimum atomic E-state index is 0.949. The lowest BCUT2D eigenvalue weighted by atomic mass is 10.3. The summed E-state index contributed by atoms with van der Waals surface area (Å²) in [5, 5.41) is 51.1. The molecule has 0 aliphatic rings. The molecule has 0 fully saturated rings. The van der Waals surface area contributed by atoms with Crippen LogP contribution >= 0.6 is 68.2 Å². The fourth-order valence-corrected chi connectivity index (χ4v) is 11.8. The third-order valence-corrected chi connectivity index (χ3v) is 17.9. The van der Waals surface area contributed by atoms with Crippen molar-refractivity contribution in [2.24, 2.45) is 0 Å². The number of nitrogens with one attached hydrogen (secondary N) is 6. The second-order valence-corrected chi connectivity index (χ2v) is 27.5. The molecule has 131 heavy (non-hydrogen) atoms. The number of oxazole rings is 1. The Balaban J connectivity index is 0.000000213. The molecule has 0 unspecified atom stereocenters. The summed E-state index contributed by atoms with van der Waals surface area (Å²) in [5.41, 5.74) is 6.10. The van der Waals surface area contributed by atoms with E-state index in [1.807, 2.05) is 174 Å². The zero-order valence-electron chi connectivity index (χ0n) is 69.9. The van der Waals surface area contributed by atoms with Gasteiger partial charge in [-0.2, -0.15) is 47.1 Å². The first-order valence-corrected chi connectivity index (χ1v) is 43.8. The van der Waals surface area contributed by atoms with Crippen molar-refractivity contribution in [2.75, 3.05) is 0 Å². The lowest BCUT2D eigenvalue weighted by Gasteiger charge is -1.90. The largest absolute Gasteiger partial charge is 0.473 e. The van der Waals surface area contributed by atoms with E-state index in [1.165, 1.54) is 110 Å². The molecule has 6 N–H and O–H groups in total. The minimum Gasteiger partial charge on any atom is -0.473 e. The SMILES string of the molecule is c1c[nH]cn1.c1cc2sccc2s1.c1cc[nH]c1.c1ccc2[nH]ccc2c1.c1ccc2[nH]ccc2c1.c1ccc2nccnc2c1.c1ccc2sccc2c1.c1ccncc1.c1ccnnc1.c1ccoc1.c1ccsc1.c1cn[nH]c1.c1cn[nH]n1.c1cnccn1.c1cncnc1.c1cnncn1.c1cnoc1.c1cnsc1.c1cocn1.c1cscn1.c1ncncn1. The Hall–Kier alpha value is -17.2. The molecule has 0 saturated carbocycles. The standard InChI is InChI=1S/C8H6N2.2C8H7N.C8H6S.C6H4S2.C5H5N.3C4H4N2.C4H5N.C4H4O.C4H4S.2C3H3N3.2C3H4N2.2C3H3NO.2C3H3NS.C2H3N3/c1-2-4-8-7(3-1)9-5-6-10-8;3*1-2-4-8-7(3-1)5-6-9-8;1-3-7-6-2-4-8-5(1)6;1-2-4-6-5-3-1;1-2-6-4-3-5-1;1-2-5-4-6-3-1;1-2-4-6-5-3-1;3*1-2-4-5-3-1;1-4-2-6-3-5-1;1-2-5-6-3-4-1;1-2-5-3-4-1;1-2-4-5-3-1;1-2-5-3-4-1;1-2-4-5-3-1;1-2-5-3-4-1;2*1-2-4-5-3-1/h1-6H;2*1-6,9H;1-6H;1-4H;1-5H;3*1-4H;1-5H;2*1-4H;2*1-3H;2*1-3H,(H,4,5);4*1-3H;1-2H,(H,3,4,5). The molecule has 0 aliphatic heterocycles. The van der Waals surface area contributed by atoms with Crippen molar-refractivity contribution in [3.05, 3.63) is 504 Å². The first-order chi connectivity index (χ1) is 65.3. The van der Waals surface area contributed by atoms with Gasteiger partial charge >= 0.3 is 0 Å². The number of aromatic nitrogens is 29. The summed E-state index contributed by atoms with van der Waals surface area (Å²) in [6.07, 6.45) is 64.1. The molecule has 22 heterocycles. The fraction of sp³-hybridized carbons (Fsp3) is 0. The molecule has 38 heteroatoms. The van der Waals surface area contributed by atoms with Gasteiger partial charge in [0.15, 0.2) is 6.39 Å². The second-order valence-electron chi connectivity index (χ2n) is 22.4. The van der Waals surface area contributed by atoms with Crippen LogP contribution in [-0.2, 0) is 0 Å². The monoisotopic (exact) mass is 1850 g/mol. The molecule has 0 atom stereocenters. The third-order valence-electron chi connectivity index (χ3n) is 13.4. The number of para-hydroxylation sites is 4. The maximum atomic E-state index is 4.58. The molecule has 0 amide bonds. The van der Waals surface area contributed by atoms with E-state index >= 15 is 0 Å². The Morgan fingerprint density at radius 1 is 0.267 bits per heavy atom. The Morgan fingerprint density at radius 2 is 0.847 bits per heavy atom. The van der Waals surface area contributed by atoms with Crippen molar-refractivity contribution in [1.82, 2.24) is 145 Å². The van der Waals surface area contributed by atoms with E-state index < -0.39 is 0 Å². The minimum absolute atomic E-state index is 0.949. The third kappa shape index (κ3) is 58.6. The van der Waals surface area contributed by atoms with Crippen molar-refractivity contribution in [1.29, 1.82) is 0 Å². The Bertz CT molecular complexity index is 4960. The van der Waals surface area contributed by atoms with E-state index in [2.05, 4.69) is 254 Å². The van der Waals surface area contributed by atoms with Gasteiger partial charge in [-0.05, 0) is 188 Å². The van der Waals surface area contributed by atoms with Gasteiger partial charge in [0.05, 0.1) is 66.4 Å². The summed E-state index contributed by atoms with van der Waals surface area (Å²) in [7, 11) is 0. The number of aromatic amines is 6. The summed E-state index contributed by atoms with van der Waals surface area (Å²) in [4.78, 5) is 63.9. The van der Waals surface area contributed by atoms with Gasteiger partial charge < -0.3 is 33.3 Å². The maximum Gasteiger partial charge on any atom is 0.180 e. The molecule has 0 aliphatic carbocycles. The number of furan rings is 1. The number of hydrogen-bond donors (Lipinski definition) is 6. The first-order valence-electron chi connectivity index (χ1n) is 38.5. The fourth-order valence-electron chi connectivity index (χ4n) is 8.02. The topological polar surface area (TPSA) is 431 Å². The van der Waals surface area contributed by atoms with E-state index in [4.69, 9.17) is 0 Å². The molecule has 4 aromatic carbocycles. The summed E-state index contributed by atoms with van der Waals surface area (Å²) in [6, 6.07) is 71.4. The van der Waals surface area contributed by atoms with Crippen molar-refractivity contribution in [3.63, 3.8) is 0 Å². The van der Waals surface area contributed by atoms with E-state index in [1.54, 1.807) is 236 Å². The molecule has 32 nitrogen and oxygen atoms in total. The highest BCUT2D eigenvalue weighted by atomic mass is 32.1. The number of hydrogen-bond acceptors (Lipinski definition) is 32. The van der Waals surface area contributed by atoms with Crippen LogP contribution in [0.25, 0.3) is 52.3 Å². The smallest absolute Gasteiger partial charge is 0.180 e. The van der Waals surface area contributed by atoms with E-state index in [9.17, 15) is 0 Å². The zero-order valence-corrected chi connectivity index (χ0v) is 74.8. The Kier molecular flexibility index (Phi) is 61.7. The van der Waals surface area contributed by atoms with Crippen LogP contribution in [0, 0.1) is 0 Å². The molecular formula is C93H89N29O3S6. The average Bonchev–Trinajstić information content (AvgIpc) is 1.08. The van der Waals surface area contributed by atoms with E-state index in [-0.39, 0.29) is 0 Å². The highest BCUT2D eigenvalue weighted by Crippen LogP contribution is 2.25. The number of rotatable bonds is 0. The van der Waals surface area contributed by atoms with Crippen molar-refractivity contribution >= 4 is 121 Å². The number of imidazole rings is 1. The van der Waals surface area contributed by atoms with Gasteiger partial charge in [0, 0.05) is 178 Å². The molecule has 0 bridgehead atoms. The van der Waals surface area contributed by atoms with Gasteiger partial charge in [-0.1, -0.05) is 90.1 Å². The average molecular weight is 1850 g/mol. The summed E-state index contributed by atoms with van der Waals surface area (Å²) < 4.78 is 21.3. The van der Waals surface area contributed by atoms with Crippen LogP contribution < -0.4 is 0 Å². The first kappa shape index (κ1) is 103. The highest BCUT2D eigenvalue weighted by Gasteiger charge is 1.93. The van der Waals surface area contributed by atoms with Gasteiger partial charge in [-0.25, -0.2) is 44.2 Å². The van der Waals surface area contributed by atoms with Gasteiger partial charge in [0.2, 0.25) is 0 Å². The number of fused-ring (bicyclic) bond motifs is 5. The molecule has 22 aromatic heterocycles. The second kappa shape index (κ2) is 78.8. The van der Waals surface area contributed by atoms with Crippen LogP contribution in [0.15, 0.2) is 518 Å². The van der Waals surface area contributed by atoms with Crippen LogP contribution in [0.3, 0.4) is 0 Å². The molecule has 0 radical (unpaired) electrons. The van der Waals surface area contributed by atoms with Crippen LogP contribution in [0.2, 0.25) is 0 Å². The number of H-pyrrole nitrogens is 6. The van der Waals surface area contributed by atoms with Gasteiger partial charge in [0.1, 0.15) is 44.2 Å². The predicted molar refractivity (Wildman–Crippen MR) is 522 cm³/mol. The maximum absolute atomic E-state index is 4.58. The summed E-state index contributed by atoms with van der Waals surface area (Å²) >= 11 is 10.2. The predicted octanol–water partition coefficient (Wildman–Crippen LogP) is 22.4. The lowest BCUT2D eigenvalue weighted by molar-refractivity contribution is 0.420. The zero-order chi connectivity index (χ0) is 91.3. The molecule has 26 aromatic rings. The molecule has 0 spiro atoms. The Labute approximate surface area is 778 Å². The molecular weight excluding hydrogens is 1760 g/mol. The number of thiophene rings is 4. The number of benzene rings is 4. The van der Waals surface area contributed by atoms with Crippen molar-refractivity contribution in [2.45, 2.75) is 0 Å². The number of pyridine rings is 1. The van der Waals surface area contributed by atoms with Gasteiger partial charge in [0.25, 0.3) is 0 Å². The van der Waals surface area contributed by atoms with Crippen LogP contribution in [-0.4, -0.2) is 145 Å². The van der Waals surface area contributed by atoms with Crippen molar-refractivity contribution < 1.29 is 13.4 Å². The van der Waals surface area contributed by atoms with Gasteiger partial charge in [-0.15, -0.1) is 50.4 Å². The molecule has 660 valence electrons. The molecule has 26 rings (SSSR count).